The monoisotopic (exact) mass is 379 g/mol. The largest absolute Gasteiger partial charge is 0.454 e. The highest BCUT2D eigenvalue weighted by Crippen LogP contribution is 2.32. The Balaban J connectivity index is 1.61. The summed E-state index contributed by atoms with van der Waals surface area (Å²) in [4.78, 5) is 34.4. The summed E-state index contributed by atoms with van der Waals surface area (Å²) in [5.74, 6) is 0.528. The van der Waals surface area contributed by atoms with Crippen LogP contribution in [0.1, 0.15) is 38.2 Å². The van der Waals surface area contributed by atoms with Gasteiger partial charge in [-0.15, -0.1) is 0 Å². The summed E-state index contributed by atoms with van der Waals surface area (Å²) in [5.41, 5.74) is 5.81. The number of hydrogen-bond donors (Lipinski definition) is 3. The van der Waals surface area contributed by atoms with Crippen molar-refractivity contribution >= 4 is 17.9 Å². The zero-order valence-electron chi connectivity index (χ0n) is 15.3. The van der Waals surface area contributed by atoms with Crippen LogP contribution in [0.2, 0.25) is 0 Å². The number of carbonyl (C=O) groups is 3. The molecule has 1 atom stereocenters. The molecule has 1 aromatic rings. The molecule has 0 radical (unpaired) electrons. The van der Waals surface area contributed by atoms with Crippen LogP contribution in [0, 0.1) is 0 Å². The number of carbonyl (C=O) groups excluding carboxylic acids is 3. The molecule has 0 saturated carbocycles. The number of hydrogen-bond acceptors (Lipinski definition) is 6. The molecule has 0 fully saturated rings. The fraction of sp³-hybridized carbons (Fsp3) is 0.500. The van der Waals surface area contributed by atoms with Gasteiger partial charge in [0.1, 0.15) is 0 Å². The van der Waals surface area contributed by atoms with Gasteiger partial charge in [-0.2, -0.15) is 0 Å². The summed E-state index contributed by atoms with van der Waals surface area (Å²) >= 11 is 0. The number of primary amides is 1. The molecule has 148 valence electrons. The van der Waals surface area contributed by atoms with Gasteiger partial charge in [0.25, 0.3) is 5.91 Å². The zero-order valence-corrected chi connectivity index (χ0v) is 15.3. The lowest BCUT2D eigenvalue weighted by atomic mass is 10.2. The Morgan fingerprint density at radius 3 is 2.70 bits per heavy atom. The minimum absolute atomic E-state index is 0.194. The van der Waals surface area contributed by atoms with Crippen LogP contribution in [0.25, 0.3) is 0 Å². The average molecular weight is 379 g/mol. The normalized spacial score (nSPS) is 12.9. The van der Waals surface area contributed by atoms with Crippen LogP contribution >= 0.6 is 0 Å². The van der Waals surface area contributed by atoms with Gasteiger partial charge in [0.15, 0.2) is 17.6 Å². The number of nitrogens with two attached hydrogens (primary N) is 1. The van der Waals surface area contributed by atoms with Crippen molar-refractivity contribution in [2.75, 3.05) is 13.3 Å². The number of ether oxygens (including phenoxy) is 3. The van der Waals surface area contributed by atoms with Crippen LogP contribution in [0.3, 0.4) is 0 Å². The topological polar surface area (TPSA) is 129 Å². The van der Waals surface area contributed by atoms with Crippen molar-refractivity contribution in [2.24, 2.45) is 5.73 Å². The second kappa shape index (κ2) is 10.2. The van der Waals surface area contributed by atoms with Crippen molar-refractivity contribution in [1.82, 2.24) is 10.6 Å². The molecule has 9 nitrogen and oxygen atoms in total. The lowest BCUT2D eigenvalue weighted by Gasteiger charge is -2.13. The lowest BCUT2D eigenvalue weighted by molar-refractivity contribution is -0.155. The second-order valence-corrected chi connectivity index (χ2v) is 6.14. The number of rotatable bonds is 10. The van der Waals surface area contributed by atoms with E-state index in [-0.39, 0.29) is 19.1 Å². The fourth-order valence-corrected chi connectivity index (χ4v) is 2.48. The highest BCUT2D eigenvalue weighted by Gasteiger charge is 2.18. The molecule has 2 rings (SSSR count). The quantitative estimate of drug-likeness (QED) is 0.414. The highest BCUT2D eigenvalue weighted by molar-refractivity contribution is 5.83. The van der Waals surface area contributed by atoms with Gasteiger partial charge >= 0.3 is 12.0 Å². The Morgan fingerprint density at radius 2 is 1.93 bits per heavy atom. The first kappa shape index (κ1) is 20.3. The number of nitrogens with one attached hydrogen (secondary N) is 2. The molecule has 0 aliphatic carbocycles. The molecule has 1 aliphatic heterocycles. The molecule has 27 heavy (non-hydrogen) atoms. The number of fused-ring (bicyclic) bond motifs is 1. The molecular weight excluding hydrogens is 354 g/mol. The van der Waals surface area contributed by atoms with Gasteiger partial charge in [0.2, 0.25) is 6.79 Å². The third-order valence-corrected chi connectivity index (χ3v) is 3.94. The van der Waals surface area contributed by atoms with Gasteiger partial charge < -0.3 is 30.6 Å². The lowest BCUT2D eigenvalue weighted by Crippen LogP contribution is -2.35. The summed E-state index contributed by atoms with van der Waals surface area (Å²) in [7, 11) is 0. The SMILES string of the molecule is C[C@@H](OC(=O)CCCCCNC(N)=O)C(=O)NCc1ccc2c(c1)OCO2. The molecule has 1 heterocycles. The molecular formula is C18H25N3O6. The molecule has 0 saturated heterocycles. The molecule has 0 unspecified atom stereocenters. The molecule has 1 aromatic carbocycles. The molecule has 0 aromatic heterocycles. The van der Waals surface area contributed by atoms with Crippen LogP contribution in [0.15, 0.2) is 18.2 Å². The molecule has 3 amide bonds. The van der Waals surface area contributed by atoms with Gasteiger partial charge in [-0.1, -0.05) is 12.5 Å². The molecule has 9 heteroatoms. The van der Waals surface area contributed by atoms with Crippen molar-refractivity contribution in [3.05, 3.63) is 23.8 Å². The van der Waals surface area contributed by atoms with E-state index >= 15 is 0 Å². The van der Waals surface area contributed by atoms with Gasteiger partial charge in [0, 0.05) is 19.5 Å². The minimum Gasteiger partial charge on any atom is -0.454 e. The third kappa shape index (κ3) is 7.04. The maximum atomic E-state index is 12.1. The number of benzene rings is 1. The van der Waals surface area contributed by atoms with E-state index in [4.69, 9.17) is 19.9 Å². The third-order valence-electron chi connectivity index (χ3n) is 3.94. The summed E-state index contributed by atoms with van der Waals surface area (Å²) in [6.45, 7) is 2.50. The van der Waals surface area contributed by atoms with Crippen molar-refractivity contribution in [3.8, 4) is 11.5 Å². The Hall–Kier alpha value is -2.97. The number of amides is 3. The Morgan fingerprint density at radius 1 is 1.15 bits per heavy atom. The van der Waals surface area contributed by atoms with Crippen LogP contribution in [-0.2, 0) is 20.9 Å². The Labute approximate surface area is 157 Å². The van der Waals surface area contributed by atoms with Crippen LogP contribution in [0.4, 0.5) is 4.79 Å². The predicted octanol–water partition coefficient (Wildman–Crippen LogP) is 1.19. The maximum absolute atomic E-state index is 12.1. The highest BCUT2D eigenvalue weighted by atomic mass is 16.7. The summed E-state index contributed by atoms with van der Waals surface area (Å²) in [6.07, 6.45) is 1.44. The van der Waals surface area contributed by atoms with E-state index in [1.54, 1.807) is 12.1 Å². The average Bonchev–Trinajstić information content (AvgIpc) is 3.10. The van der Waals surface area contributed by atoms with Crippen LogP contribution in [-0.4, -0.2) is 37.3 Å². The van der Waals surface area contributed by atoms with Gasteiger partial charge in [0.05, 0.1) is 0 Å². The van der Waals surface area contributed by atoms with E-state index in [1.807, 2.05) is 6.07 Å². The summed E-state index contributed by atoms with van der Waals surface area (Å²) < 4.78 is 15.7. The first-order chi connectivity index (χ1) is 13.0. The van der Waals surface area contributed by atoms with Gasteiger partial charge in [-0.05, 0) is 37.5 Å². The van der Waals surface area contributed by atoms with Crippen LogP contribution < -0.4 is 25.8 Å². The summed E-state index contributed by atoms with van der Waals surface area (Å²) in [6, 6.07) is 4.85. The number of esters is 1. The van der Waals surface area contributed by atoms with Crippen molar-refractivity contribution in [3.63, 3.8) is 0 Å². The van der Waals surface area contributed by atoms with Gasteiger partial charge in [-0.25, -0.2) is 4.79 Å². The molecule has 0 spiro atoms. The summed E-state index contributed by atoms with van der Waals surface area (Å²) in [5, 5.41) is 5.20. The van der Waals surface area contributed by atoms with E-state index in [2.05, 4.69) is 10.6 Å². The fourth-order valence-electron chi connectivity index (χ4n) is 2.48. The molecule has 1 aliphatic rings. The van der Waals surface area contributed by atoms with Crippen molar-refractivity contribution < 1.29 is 28.6 Å². The number of urea groups is 1. The van der Waals surface area contributed by atoms with E-state index < -0.39 is 18.1 Å². The Bertz CT molecular complexity index is 679. The first-order valence-corrected chi connectivity index (χ1v) is 8.84. The maximum Gasteiger partial charge on any atom is 0.312 e. The second-order valence-electron chi connectivity index (χ2n) is 6.14. The molecule has 4 N–H and O–H groups in total. The zero-order chi connectivity index (χ0) is 19.6. The minimum atomic E-state index is -0.872. The first-order valence-electron chi connectivity index (χ1n) is 8.84. The van der Waals surface area contributed by atoms with E-state index in [1.165, 1.54) is 6.92 Å². The Kier molecular flexibility index (Phi) is 7.72. The number of unbranched alkanes of at least 4 members (excludes halogenated alkanes) is 2. The van der Waals surface area contributed by atoms with E-state index in [0.717, 1.165) is 18.4 Å². The molecule has 0 bridgehead atoms. The van der Waals surface area contributed by atoms with Crippen molar-refractivity contribution in [2.45, 2.75) is 45.3 Å². The standard InChI is InChI=1S/C18H25N3O6/c1-12(27-16(22)5-3-2-4-8-20-18(19)24)17(23)21-10-13-6-7-14-15(9-13)26-11-25-14/h6-7,9,12H,2-5,8,10-11H2,1H3,(H,21,23)(H3,19,20,24)/t12-/m1/s1. The van der Waals surface area contributed by atoms with Crippen LogP contribution in [0.5, 0.6) is 11.5 Å². The van der Waals surface area contributed by atoms with E-state index in [0.29, 0.717) is 31.0 Å². The smallest absolute Gasteiger partial charge is 0.312 e. The predicted molar refractivity (Wildman–Crippen MR) is 96.0 cm³/mol. The van der Waals surface area contributed by atoms with Crippen molar-refractivity contribution in [1.29, 1.82) is 0 Å². The van der Waals surface area contributed by atoms with E-state index in [9.17, 15) is 14.4 Å². The van der Waals surface area contributed by atoms with Gasteiger partial charge in [-0.3, -0.25) is 9.59 Å².